The number of rotatable bonds is 7. The van der Waals surface area contributed by atoms with Crippen molar-refractivity contribution in [2.45, 2.75) is 26.2 Å². The average molecular weight is 259 g/mol. The molecule has 104 valence electrons. The summed E-state index contributed by atoms with van der Waals surface area (Å²) >= 11 is 0. The number of aliphatic carboxylic acids is 1. The lowest BCUT2D eigenvalue weighted by atomic mass is 9.80. The summed E-state index contributed by atoms with van der Waals surface area (Å²) in [4.78, 5) is 22.8. The van der Waals surface area contributed by atoms with Crippen molar-refractivity contribution in [3.63, 3.8) is 0 Å². The monoisotopic (exact) mass is 259 g/mol. The van der Waals surface area contributed by atoms with Crippen molar-refractivity contribution in [3.8, 4) is 0 Å². The number of carboxylic acids is 1. The van der Waals surface area contributed by atoms with Crippen LogP contribution in [0.1, 0.15) is 26.2 Å². The standard InChI is InChI=1S/C12H21NO5/c1-2-5-18-8-10(14)13-9-12(11(15)16)3-6-17-7-4-12/h2-9H2,1H3,(H,13,14)(H,15,16). The summed E-state index contributed by atoms with van der Waals surface area (Å²) in [7, 11) is 0. The molecule has 0 radical (unpaired) electrons. The van der Waals surface area contributed by atoms with Gasteiger partial charge in [0.2, 0.25) is 5.91 Å². The highest BCUT2D eigenvalue weighted by Crippen LogP contribution is 2.29. The summed E-state index contributed by atoms with van der Waals surface area (Å²) in [5.74, 6) is -1.14. The third-order valence-corrected chi connectivity index (χ3v) is 3.11. The molecule has 0 bridgehead atoms. The van der Waals surface area contributed by atoms with Gasteiger partial charge in [0, 0.05) is 26.4 Å². The van der Waals surface area contributed by atoms with Crippen molar-refractivity contribution in [1.82, 2.24) is 5.32 Å². The van der Waals surface area contributed by atoms with Crippen LogP contribution in [0.2, 0.25) is 0 Å². The highest BCUT2D eigenvalue weighted by molar-refractivity contribution is 5.79. The Morgan fingerprint density at radius 3 is 2.61 bits per heavy atom. The molecule has 18 heavy (non-hydrogen) atoms. The third-order valence-electron chi connectivity index (χ3n) is 3.11. The van der Waals surface area contributed by atoms with Gasteiger partial charge >= 0.3 is 5.97 Å². The maximum Gasteiger partial charge on any atom is 0.311 e. The highest BCUT2D eigenvalue weighted by atomic mass is 16.5. The molecule has 0 aromatic rings. The maximum absolute atomic E-state index is 11.5. The molecule has 6 nitrogen and oxygen atoms in total. The molecule has 1 aliphatic rings. The van der Waals surface area contributed by atoms with Crippen molar-refractivity contribution in [2.75, 3.05) is 33.0 Å². The second-order valence-corrected chi connectivity index (χ2v) is 4.53. The van der Waals surface area contributed by atoms with Gasteiger partial charge in [-0.05, 0) is 19.3 Å². The number of carbonyl (C=O) groups excluding carboxylic acids is 1. The second kappa shape index (κ2) is 7.33. The van der Waals surface area contributed by atoms with E-state index in [1.807, 2.05) is 6.92 Å². The summed E-state index contributed by atoms with van der Waals surface area (Å²) in [5, 5.41) is 11.9. The highest BCUT2D eigenvalue weighted by Gasteiger charge is 2.40. The molecule has 0 saturated carbocycles. The lowest BCUT2D eigenvalue weighted by Crippen LogP contribution is -2.47. The summed E-state index contributed by atoms with van der Waals surface area (Å²) in [6.45, 7) is 3.47. The van der Waals surface area contributed by atoms with E-state index in [1.165, 1.54) is 0 Å². The van der Waals surface area contributed by atoms with Crippen LogP contribution < -0.4 is 5.32 Å². The molecular formula is C12H21NO5. The Balaban J connectivity index is 2.38. The van der Waals surface area contributed by atoms with Gasteiger partial charge in [-0.2, -0.15) is 0 Å². The zero-order chi connectivity index (χ0) is 13.4. The van der Waals surface area contributed by atoms with Crippen LogP contribution >= 0.6 is 0 Å². The van der Waals surface area contributed by atoms with E-state index >= 15 is 0 Å². The maximum atomic E-state index is 11.5. The Labute approximate surface area is 107 Å². The van der Waals surface area contributed by atoms with Crippen LogP contribution in [0.3, 0.4) is 0 Å². The first kappa shape index (κ1) is 14.9. The average Bonchev–Trinajstić information content (AvgIpc) is 2.37. The molecular weight excluding hydrogens is 238 g/mol. The van der Waals surface area contributed by atoms with Crippen LogP contribution in [0.4, 0.5) is 0 Å². The number of carboxylic acid groups (broad SMARTS) is 1. The third kappa shape index (κ3) is 4.27. The van der Waals surface area contributed by atoms with Gasteiger partial charge < -0.3 is 19.9 Å². The fraction of sp³-hybridized carbons (Fsp3) is 0.833. The van der Waals surface area contributed by atoms with Crippen LogP contribution in [0, 0.1) is 5.41 Å². The fourth-order valence-corrected chi connectivity index (χ4v) is 1.86. The molecule has 0 aliphatic carbocycles. The largest absolute Gasteiger partial charge is 0.481 e. The van der Waals surface area contributed by atoms with Crippen LogP contribution in [0.25, 0.3) is 0 Å². The molecule has 1 heterocycles. The first-order chi connectivity index (χ1) is 8.60. The van der Waals surface area contributed by atoms with E-state index in [0.717, 1.165) is 6.42 Å². The summed E-state index contributed by atoms with van der Waals surface area (Å²) in [6.07, 6.45) is 1.71. The molecule has 1 fully saturated rings. The van der Waals surface area contributed by atoms with Crippen LogP contribution in [0.15, 0.2) is 0 Å². The molecule has 1 amide bonds. The number of hydrogen-bond acceptors (Lipinski definition) is 4. The van der Waals surface area contributed by atoms with Crippen LogP contribution in [-0.2, 0) is 19.1 Å². The molecule has 0 aromatic heterocycles. The normalized spacial score (nSPS) is 18.3. The van der Waals surface area contributed by atoms with Crippen LogP contribution in [0.5, 0.6) is 0 Å². The summed E-state index contributed by atoms with van der Waals surface area (Å²) < 4.78 is 10.3. The zero-order valence-corrected chi connectivity index (χ0v) is 10.7. The Hall–Kier alpha value is -1.14. The van der Waals surface area contributed by atoms with E-state index < -0.39 is 11.4 Å². The molecule has 0 aromatic carbocycles. The van der Waals surface area contributed by atoms with Gasteiger partial charge in [-0.1, -0.05) is 6.92 Å². The summed E-state index contributed by atoms with van der Waals surface area (Å²) in [6, 6.07) is 0. The molecule has 1 rings (SSSR count). The minimum Gasteiger partial charge on any atom is -0.481 e. The first-order valence-corrected chi connectivity index (χ1v) is 6.26. The van der Waals surface area contributed by atoms with E-state index in [-0.39, 0.29) is 19.1 Å². The lowest BCUT2D eigenvalue weighted by Gasteiger charge is -2.33. The SMILES string of the molecule is CCCOCC(=O)NCC1(C(=O)O)CCOCC1. The minimum atomic E-state index is -0.890. The Bertz CT molecular complexity index is 286. The molecule has 1 aliphatic heterocycles. The van der Waals surface area contributed by atoms with Gasteiger partial charge in [-0.15, -0.1) is 0 Å². The van der Waals surface area contributed by atoms with E-state index in [9.17, 15) is 14.7 Å². The molecule has 0 spiro atoms. The molecule has 1 saturated heterocycles. The predicted octanol–water partition coefficient (Wildman–Crippen LogP) is 0.411. The fourth-order valence-electron chi connectivity index (χ4n) is 1.86. The van der Waals surface area contributed by atoms with Crippen molar-refractivity contribution in [3.05, 3.63) is 0 Å². The van der Waals surface area contributed by atoms with E-state index in [2.05, 4.69) is 5.32 Å². The number of carbonyl (C=O) groups is 2. The lowest BCUT2D eigenvalue weighted by molar-refractivity contribution is -0.154. The number of hydrogen-bond donors (Lipinski definition) is 2. The van der Waals surface area contributed by atoms with Gasteiger partial charge in [-0.3, -0.25) is 9.59 Å². The van der Waals surface area contributed by atoms with Crippen molar-refractivity contribution in [2.24, 2.45) is 5.41 Å². The first-order valence-electron chi connectivity index (χ1n) is 6.26. The smallest absolute Gasteiger partial charge is 0.311 e. The van der Waals surface area contributed by atoms with Gasteiger partial charge in [-0.25, -0.2) is 0 Å². The van der Waals surface area contributed by atoms with Gasteiger partial charge in [0.15, 0.2) is 0 Å². The Morgan fingerprint density at radius 2 is 2.06 bits per heavy atom. The zero-order valence-electron chi connectivity index (χ0n) is 10.7. The molecule has 0 unspecified atom stereocenters. The van der Waals surface area contributed by atoms with Crippen molar-refractivity contribution < 1.29 is 24.2 Å². The minimum absolute atomic E-state index is 0.0139. The predicted molar refractivity (Wildman–Crippen MR) is 64.2 cm³/mol. The topological polar surface area (TPSA) is 84.9 Å². The van der Waals surface area contributed by atoms with E-state index in [0.29, 0.717) is 32.7 Å². The number of ether oxygens (including phenoxy) is 2. The van der Waals surface area contributed by atoms with E-state index in [4.69, 9.17) is 9.47 Å². The molecule has 0 atom stereocenters. The van der Waals surface area contributed by atoms with Crippen molar-refractivity contribution in [1.29, 1.82) is 0 Å². The quantitative estimate of drug-likeness (QED) is 0.647. The Kier molecular flexibility index (Phi) is 6.07. The van der Waals surface area contributed by atoms with Gasteiger partial charge in [0.1, 0.15) is 6.61 Å². The molecule has 6 heteroatoms. The van der Waals surface area contributed by atoms with Gasteiger partial charge in [0.25, 0.3) is 0 Å². The van der Waals surface area contributed by atoms with E-state index in [1.54, 1.807) is 0 Å². The van der Waals surface area contributed by atoms with Crippen LogP contribution in [-0.4, -0.2) is 50.0 Å². The number of nitrogens with one attached hydrogen (secondary N) is 1. The Morgan fingerprint density at radius 1 is 1.39 bits per heavy atom. The summed E-state index contributed by atoms with van der Waals surface area (Å²) in [5.41, 5.74) is -0.890. The van der Waals surface area contributed by atoms with Crippen molar-refractivity contribution >= 4 is 11.9 Å². The second-order valence-electron chi connectivity index (χ2n) is 4.53. The van der Waals surface area contributed by atoms with Gasteiger partial charge in [0.05, 0.1) is 5.41 Å². The molecule has 2 N–H and O–H groups in total. The number of amides is 1.